The summed E-state index contributed by atoms with van der Waals surface area (Å²) >= 11 is 0. The fraction of sp³-hybridized carbons (Fsp3) is 0.588. The van der Waals surface area contributed by atoms with Gasteiger partial charge in [0.15, 0.2) is 0 Å². The lowest BCUT2D eigenvalue weighted by Crippen LogP contribution is -2.47. The van der Waals surface area contributed by atoms with Crippen molar-refractivity contribution in [2.45, 2.75) is 51.0 Å². The normalized spacial score (nSPS) is 19.2. The molecule has 1 aromatic rings. The first-order valence-corrected chi connectivity index (χ1v) is 9.50. The van der Waals surface area contributed by atoms with Crippen LogP contribution in [0.5, 0.6) is 0 Å². The molecule has 0 spiro atoms. The van der Waals surface area contributed by atoms with E-state index in [1.165, 1.54) is 7.05 Å². The fourth-order valence-corrected chi connectivity index (χ4v) is 4.10. The van der Waals surface area contributed by atoms with Crippen molar-refractivity contribution >= 4 is 15.9 Å². The van der Waals surface area contributed by atoms with Crippen LogP contribution in [-0.4, -0.2) is 49.7 Å². The summed E-state index contributed by atoms with van der Waals surface area (Å²) in [4.78, 5) is 14.5. The Balaban J connectivity index is 2.13. The summed E-state index contributed by atoms with van der Waals surface area (Å²) < 4.78 is 26.5. The van der Waals surface area contributed by atoms with Gasteiger partial charge < -0.3 is 4.90 Å². The molecule has 1 atom stereocenters. The van der Waals surface area contributed by atoms with Crippen LogP contribution in [0.1, 0.15) is 37.3 Å². The summed E-state index contributed by atoms with van der Waals surface area (Å²) in [6, 6.07) is 5.25. The van der Waals surface area contributed by atoms with Gasteiger partial charge in [0.2, 0.25) is 15.9 Å². The van der Waals surface area contributed by atoms with Crippen LogP contribution in [0.15, 0.2) is 23.1 Å². The molecule has 6 heteroatoms. The second kappa shape index (κ2) is 7.01. The monoisotopic (exact) mass is 338 g/mol. The number of carbonyl (C=O) groups excluding carboxylic acids is 1. The molecule has 1 fully saturated rings. The Morgan fingerprint density at radius 1 is 1.26 bits per heavy atom. The van der Waals surface area contributed by atoms with Crippen LogP contribution in [-0.2, 0) is 14.8 Å². The van der Waals surface area contributed by atoms with Crippen molar-refractivity contribution in [2.24, 2.45) is 0 Å². The zero-order chi connectivity index (χ0) is 17.2. The van der Waals surface area contributed by atoms with E-state index in [2.05, 4.69) is 0 Å². The maximum Gasteiger partial charge on any atom is 0.243 e. The van der Waals surface area contributed by atoms with Gasteiger partial charge in [-0.1, -0.05) is 6.07 Å². The third kappa shape index (κ3) is 3.93. The molecule has 128 valence electrons. The lowest BCUT2D eigenvalue weighted by Gasteiger charge is -2.34. The molecule has 0 aliphatic carbocycles. The third-order valence-electron chi connectivity index (χ3n) is 4.67. The van der Waals surface area contributed by atoms with Crippen LogP contribution in [0, 0.1) is 13.8 Å². The van der Waals surface area contributed by atoms with Gasteiger partial charge in [-0.2, -0.15) is 4.31 Å². The average molecular weight is 338 g/mol. The molecule has 0 bridgehead atoms. The Morgan fingerprint density at radius 2 is 1.96 bits per heavy atom. The molecule has 1 saturated heterocycles. The quantitative estimate of drug-likeness (QED) is 0.846. The van der Waals surface area contributed by atoms with Crippen molar-refractivity contribution in [3.63, 3.8) is 0 Å². The Kier molecular flexibility index (Phi) is 5.47. The highest BCUT2D eigenvalue weighted by atomic mass is 32.2. The number of piperidine rings is 1. The maximum absolute atomic E-state index is 12.7. The van der Waals surface area contributed by atoms with E-state index in [0.29, 0.717) is 0 Å². The summed E-state index contributed by atoms with van der Waals surface area (Å²) in [6.07, 6.45) is 3.10. The van der Waals surface area contributed by atoms with Gasteiger partial charge in [-0.25, -0.2) is 8.42 Å². The summed E-state index contributed by atoms with van der Waals surface area (Å²) in [7, 11) is -2.17. The molecule has 2 rings (SSSR count). The zero-order valence-corrected chi connectivity index (χ0v) is 15.2. The van der Waals surface area contributed by atoms with E-state index in [1.54, 1.807) is 23.1 Å². The first kappa shape index (κ1) is 17.9. The molecule has 0 aromatic heterocycles. The number of sulfonamides is 1. The molecule has 0 saturated carbocycles. The molecular formula is C17H26N2O3S. The molecule has 23 heavy (non-hydrogen) atoms. The number of amides is 1. The molecule has 5 nitrogen and oxygen atoms in total. The number of aryl methyl sites for hydroxylation is 2. The van der Waals surface area contributed by atoms with Crippen molar-refractivity contribution in [1.82, 2.24) is 9.21 Å². The molecule has 1 heterocycles. The number of benzene rings is 1. The van der Waals surface area contributed by atoms with Gasteiger partial charge in [-0.15, -0.1) is 0 Å². The number of hydrogen-bond donors (Lipinski definition) is 0. The van der Waals surface area contributed by atoms with Crippen LogP contribution >= 0.6 is 0 Å². The van der Waals surface area contributed by atoms with Crippen molar-refractivity contribution < 1.29 is 13.2 Å². The maximum atomic E-state index is 12.7. The van der Waals surface area contributed by atoms with E-state index >= 15 is 0 Å². The minimum atomic E-state index is -3.64. The van der Waals surface area contributed by atoms with Crippen molar-refractivity contribution in [2.75, 3.05) is 20.1 Å². The predicted molar refractivity (Wildman–Crippen MR) is 90.8 cm³/mol. The van der Waals surface area contributed by atoms with Crippen LogP contribution in [0.25, 0.3) is 0 Å². The first-order valence-electron chi connectivity index (χ1n) is 8.06. The van der Waals surface area contributed by atoms with Crippen molar-refractivity contribution in [3.05, 3.63) is 29.3 Å². The van der Waals surface area contributed by atoms with Crippen molar-refractivity contribution in [3.8, 4) is 0 Å². The van der Waals surface area contributed by atoms with Gasteiger partial charge in [0.1, 0.15) is 0 Å². The van der Waals surface area contributed by atoms with Gasteiger partial charge in [0, 0.05) is 19.6 Å². The lowest BCUT2D eigenvalue weighted by atomic mass is 10.0. The number of likely N-dealkylation sites (N-methyl/N-ethyl adjacent to an activating group) is 1. The standard InChI is InChI=1S/C17H26N2O3S/c1-13-8-9-16(11-14(13)2)23(21,22)18(4)12-17(20)19-10-6-5-7-15(19)3/h8-9,11,15H,5-7,10,12H2,1-4H3. The summed E-state index contributed by atoms with van der Waals surface area (Å²) in [5.41, 5.74) is 1.97. The fourth-order valence-electron chi connectivity index (χ4n) is 2.89. The van der Waals surface area contributed by atoms with Crippen LogP contribution in [0.4, 0.5) is 0 Å². The Bertz CT molecular complexity index is 685. The molecule has 1 amide bonds. The molecule has 1 unspecified atom stereocenters. The average Bonchev–Trinajstić information content (AvgIpc) is 2.50. The predicted octanol–water partition coefficient (Wildman–Crippen LogP) is 2.32. The SMILES string of the molecule is Cc1ccc(S(=O)(=O)N(C)CC(=O)N2CCCCC2C)cc1C. The van der Waals surface area contributed by atoms with Crippen LogP contribution in [0.2, 0.25) is 0 Å². The van der Waals surface area contributed by atoms with Gasteiger partial charge >= 0.3 is 0 Å². The molecular weight excluding hydrogens is 312 g/mol. The summed E-state index contributed by atoms with van der Waals surface area (Å²) in [5.74, 6) is -0.118. The molecule has 1 aliphatic rings. The van der Waals surface area contributed by atoms with Crippen LogP contribution < -0.4 is 0 Å². The Hall–Kier alpha value is -1.40. The first-order chi connectivity index (χ1) is 10.7. The second-order valence-electron chi connectivity index (χ2n) is 6.44. The van der Waals surface area contributed by atoms with E-state index in [-0.39, 0.29) is 23.4 Å². The highest BCUT2D eigenvalue weighted by Gasteiger charge is 2.28. The minimum Gasteiger partial charge on any atom is -0.339 e. The van der Waals surface area contributed by atoms with E-state index in [1.807, 2.05) is 20.8 Å². The number of carbonyl (C=O) groups is 1. The minimum absolute atomic E-state index is 0.112. The molecule has 1 aromatic carbocycles. The second-order valence-corrected chi connectivity index (χ2v) is 8.48. The number of likely N-dealkylation sites (tertiary alicyclic amines) is 1. The van der Waals surface area contributed by atoms with Gasteiger partial charge in [-0.3, -0.25) is 4.79 Å². The molecule has 1 aliphatic heterocycles. The highest BCUT2D eigenvalue weighted by molar-refractivity contribution is 7.89. The number of rotatable bonds is 4. The van der Waals surface area contributed by atoms with E-state index in [9.17, 15) is 13.2 Å². The van der Waals surface area contributed by atoms with Crippen molar-refractivity contribution in [1.29, 1.82) is 0 Å². The Labute approximate surface area is 139 Å². The third-order valence-corrected chi connectivity index (χ3v) is 6.47. The topological polar surface area (TPSA) is 57.7 Å². The van der Waals surface area contributed by atoms with E-state index in [0.717, 1.165) is 41.2 Å². The number of nitrogens with zero attached hydrogens (tertiary/aromatic N) is 2. The summed E-state index contributed by atoms with van der Waals surface area (Å²) in [6.45, 7) is 6.46. The van der Waals surface area contributed by atoms with E-state index < -0.39 is 10.0 Å². The van der Waals surface area contributed by atoms with E-state index in [4.69, 9.17) is 0 Å². The molecule has 0 N–H and O–H groups in total. The molecule has 0 radical (unpaired) electrons. The number of hydrogen-bond acceptors (Lipinski definition) is 3. The summed E-state index contributed by atoms with van der Waals surface area (Å²) in [5, 5.41) is 0. The largest absolute Gasteiger partial charge is 0.339 e. The smallest absolute Gasteiger partial charge is 0.243 e. The van der Waals surface area contributed by atoms with Gasteiger partial charge in [-0.05, 0) is 63.3 Å². The van der Waals surface area contributed by atoms with Gasteiger partial charge in [0.05, 0.1) is 11.4 Å². The zero-order valence-electron chi connectivity index (χ0n) is 14.4. The van der Waals surface area contributed by atoms with Gasteiger partial charge in [0.25, 0.3) is 0 Å². The lowest BCUT2D eigenvalue weighted by molar-refractivity contribution is -0.134. The Morgan fingerprint density at radius 3 is 2.57 bits per heavy atom. The highest BCUT2D eigenvalue weighted by Crippen LogP contribution is 2.20. The van der Waals surface area contributed by atoms with Crippen LogP contribution in [0.3, 0.4) is 0 Å².